The first-order chi connectivity index (χ1) is 15.7. The average molecular weight is 447 g/mol. The molecular formula is C23H22N6O2S. The molecule has 9 heteroatoms. The van der Waals surface area contributed by atoms with Crippen LogP contribution >= 0.6 is 11.8 Å². The topological polar surface area (TPSA) is 97.7 Å². The summed E-state index contributed by atoms with van der Waals surface area (Å²) >= 11 is 1.28. The van der Waals surface area contributed by atoms with E-state index in [1.54, 1.807) is 11.8 Å². The molecule has 0 spiro atoms. The number of aromatic nitrogens is 5. The van der Waals surface area contributed by atoms with Gasteiger partial charge in [0.05, 0.1) is 24.2 Å². The lowest BCUT2D eigenvalue weighted by atomic mass is 10.2. The predicted molar refractivity (Wildman–Crippen MR) is 123 cm³/mol. The molecule has 1 saturated carbocycles. The molecule has 1 fully saturated rings. The zero-order valence-corrected chi connectivity index (χ0v) is 18.3. The molecule has 0 bridgehead atoms. The maximum atomic E-state index is 12.7. The van der Waals surface area contributed by atoms with Crippen molar-refractivity contribution in [3.8, 4) is 22.8 Å². The summed E-state index contributed by atoms with van der Waals surface area (Å²) in [5.74, 6) is 2.65. The van der Waals surface area contributed by atoms with Gasteiger partial charge in [0.2, 0.25) is 11.1 Å². The van der Waals surface area contributed by atoms with Crippen molar-refractivity contribution in [1.29, 1.82) is 0 Å². The molecule has 0 saturated heterocycles. The highest BCUT2D eigenvalue weighted by atomic mass is 32.2. The van der Waals surface area contributed by atoms with Gasteiger partial charge in [0, 0.05) is 17.5 Å². The van der Waals surface area contributed by atoms with Crippen LogP contribution in [0.15, 0.2) is 65.8 Å². The third-order valence-electron chi connectivity index (χ3n) is 5.15. The van der Waals surface area contributed by atoms with E-state index in [4.69, 9.17) is 9.84 Å². The second-order valence-corrected chi connectivity index (χ2v) is 8.45. The lowest BCUT2D eigenvalue weighted by molar-refractivity contribution is -0.113. The number of carbonyl (C=O) groups is 1. The highest BCUT2D eigenvalue weighted by molar-refractivity contribution is 7.99. The van der Waals surface area contributed by atoms with Gasteiger partial charge in [0.1, 0.15) is 11.6 Å². The Labute approximate surface area is 189 Å². The number of anilines is 1. The second-order valence-electron chi connectivity index (χ2n) is 7.51. The number of para-hydroxylation sites is 1. The third kappa shape index (κ3) is 4.52. The zero-order valence-electron chi connectivity index (χ0n) is 17.5. The maximum Gasteiger partial charge on any atom is 0.236 e. The third-order valence-corrected chi connectivity index (χ3v) is 6.00. The van der Waals surface area contributed by atoms with Crippen molar-refractivity contribution in [2.45, 2.75) is 23.9 Å². The van der Waals surface area contributed by atoms with Gasteiger partial charge in [-0.15, -0.1) is 5.10 Å². The van der Waals surface area contributed by atoms with Gasteiger partial charge in [-0.2, -0.15) is 5.10 Å². The van der Waals surface area contributed by atoms with Crippen molar-refractivity contribution < 1.29 is 9.53 Å². The van der Waals surface area contributed by atoms with E-state index in [-0.39, 0.29) is 11.7 Å². The molecule has 2 aromatic heterocycles. The normalized spacial score (nSPS) is 13.2. The summed E-state index contributed by atoms with van der Waals surface area (Å²) < 4.78 is 6.97. The molecule has 32 heavy (non-hydrogen) atoms. The molecule has 0 unspecified atom stereocenters. The minimum absolute atomic E-state index is 0.134. The molecule has 1 aliphatic rings. The van der Waals surface area contributed by atoms with Crippen LogP contribution in [0.4, 0.5) is 5.82 Å². The molecule has 5 rings (SSSR count). The number of benzene rings is 2. The fourth-order valence-electron chi connectivity index (χ4n) is 3.33. The monoisotopic (exact) mass is 446 g/mol. The SMILES string of the molecule is COc1ccc(-c2nc(SCC(=O)Nc3cc(C4CC4)nn3-c3ccccc3)n[nH]2)cc1. The Kier molecular flexibility index (Phi) is 5.64. The lowest BCUT2D eigenvalue weighted by Gasteiger charge is -2.08. The summed E-state index contributed by atoms with van der Waals surface area (Å²) in [5.41, 5.74) is 2.84. The number of nitrogens with zero attached hydrogens (tertiary/aromatic N) is 4. The molecule has 4 aromatic rings. The molecule has 2 heterocycles. The number of aromatic amines is 1. The molecule has 0 aliphatic heterocycles. The zero-order chi connectivity index (χ0) is 21.9. The van der Waals surface area contributed by atoms with Crippen LogP contribution in [0.5, 0.6) is 5.75 Å². The number of hydrogen-bond donors (Lipinski definition) is 2. The standard InChI is InChI=1S/C23H22N6O2S/c1-31-18-11-9-16(10-12-18)22-25-23(27-26-22)32-14-21(30)24-20-13-19(15-7-8-15)28-29(20)17-5-3-2-4-6-17/h2-6,9-13,15H,7-8,14H2,1H3,(H,24,30)(H,25,26,27). The first-order valence-corrected chi connectivity index (χ1v) is 11.3. The number of amides is 1. The summed E-state index contributed by atoms with van der Waals surface area (Å²) in [7, 11) is 1.63. The van der Waals surface area contributed by atoms with Gasteiger partial charge in [-0.3, -0.25) is 9.89 Å². The van der Waals surface area contributed by atoms with Gasteiger partial charge in [-0.05, 0) is 49.2 Å². The number of hydrogen-bond acceptors (Lipinski definition) is 6. The van der Waals surface area contributed by atoms with Crippen LogP contribution in [0.3, 0.4) is 0 Å². The van der Waals surface area contributed by atoms with Gasteiger partial charge in [-0.1, -0.05) is 30.0 Å². The van der Waals surface area contributed by atoms with E-state index in [2.05, 4.69) is 20.5 Å². The molecule has 0 radical (unpaired) electrons. The van der Waals surface area contributed by atoms with E-state index in [0.29, 0.717) is 22.7 Å². The number of rotatable bonds is 8. The van der Waals surface area contributed by atoms with Crippen LogP contribution in [-0.4, -0.2) is 43.7 Å². The number of H-pyrrole nitrogens is 1. The van der Waals surface area contributed by atoms with Crippen LogP contribution < -0.4 is 10.1 Å². The van der Waals surface area contributed by atoms with Crippen molar-refractivity contribution in [2.75, 3.05) is 18.2 Å². The molecule has 1 amide bonds. The predicted octanol–water partition coefficient (Wildman–Crippen LogP) is 4.27. The largest absolute Gasteiger partial charge is 0.497 e. The molecule has 0 atom stereocenters. The van der Waals surface area contributed by atoms with E-state index in [0.717, 1.165) is 35.5 Å². The van der Waals surface area contributed by atoms with E-state index < -0.39 is 0 Å². The van der Waals surface area contributed by atoms with E-state index in [1.807, 2.05) is 60.7 Å². The second kappa shape index (κ2) is 8.88. The van der Waals surface area contributed by atoms with E-state index >= 15 is 0 Å². The van der Waals surface area contributed by atoms with Crippen molar-refractivity contribution in [2.24, 2.45) is 0 Å². The molecule has 2 N–H and O–H groups in total. The molecule has 1 aliphatic carbocycles. The Morgan fingerprint density at radius 3 is 2.69 bits per heavy atom. The number of thioether (sulfide) groups is 1. The van der Waals surface area contributed by atoms with Crippen LogP contribution in [-0.2, 0) is 4.79 Å². The number of carbonyl (C=O) groups excluding carboxylic acids is 1. The number of ether oxygens (including phenoxy) is 1. The highest BCUT2D eigenvalue weighted by Crippen LogP contribution is 2.40. The lowest BCUT2D eigenvalue weighted by Crippen LogP contribution is -2.17. The van der Waals surface area contributed by atoms with Gasteiger partial charge in [-0.25, -0.2) is 9.67 Å². The van der Waals surface area contributed by atoms with Gasteiger partial charge in [0.15, 0.2) is 5.82 Å². The number of nitrogens with one attached hydrogen (secondary N) is 2. The summed E-state index contributed by atoms with van der Waals surface area (Å²) in [6.07, 6.45) is 2.30. The average Bonchev–Trinajstić information content (AvgIpc) is 3.43. The summed E-state index contributed by atoms with van der Waals surface area (Å²) in [5, 5.41) is 15.4. The molecule has 8 nitrogen and oxygen atoms in total. The van der Waals surface area contributed by atoms with Crippen molar-refractivity contribution in [3.63, 3.8) is 0 Å². The van der Waals surface area contributed by atoms with Crippen LogP contribution in [0, 0.1) is 0 Å². The fraction of sp³-hybridized carbons (Fsp3) is 0.217. The van der Waals surface area contributed by atoms with Gasteiger partial charge >= 0.3 is 0 Å². The van der Waals surface area contributed by atoms with E-state index in [1.165, 1.54) is 11.8 Å². The Hall–Kier alpha value is -3.59. The minimum atomic E-state index is -0.134. The molecular weight excluding hydrogens is 424 g/mol. The molecule has 2 aromatic carbocycles. The first kappa shape index (κ1) is 20.3. The van der Waals surface area contributed by atoms with Gasteiger partial charge < -0.3 is 10.1 Å². The van der Waals surface area contributed by atoms with E-state index in [9.17, 15) is 4.79 Å². The Bertz CT molecular complexity index is 1220. The quantitative estimate of drug-likeness (QED) is 0.392. The van der Waals surface area contributed by atoms with Gasteiger partial charge in [0.25, 0.3) is 0 Å². The first-order valence-electron chi connectivity index (χ1n) is 10.3. The summed E-state index contributed by atoms with van der Waals surface area (Å²) in [6, 6.07) is 19.3. The highest BCUT2D eigenvalue weighted by Gasteiger charge is 2.28. The smallest absolute Gasteiger partial charge is 0.236 e. The summed E-state index contributed by atoms with van der Waals surface area (Å²) in [6.45, 7) is 0. The van der Waals surface area contributed by atoms with Crippen LogP contribution in [0.25, 0.3) is 17.1 Å². The maximum absolute atomic E-state index is 12.7. The van der Waals surface area contributed by atoms with Crippen LogP contribution in [0.1, 0.15) is 24.5 Å². The Balaban J connectivity index is 1.24. The minimum Gasteiger partial charge on any atom is -0.497 e. The Morgan fingerprint density at radius 1 is 1.19 bits per heavy atom. The van der Waals surface area contributed by atoms with Crippen molar-refractivity contribution in [3.05, 3.63) is 66.4 Å². The van der Waals surface area contributed by atoms with Crippen molar-refractivity contribution in [1.82, 2.24) is 25.0 Å². The Morgan fingerprint density at radius 2 is 1.97 bits per heavy atom. The van der Waals surface area contributed by atoms with Crippen molar-refractivity contribution >= 4 is 23.5 Å². The fourth-order valence-corrected chi connectivity index (χ4v) is 3.93. The molecule has 162 valence electrons. The summed E-state index contributed by atoms with van der Waals surface area (Å²) in [4.78, 5) is 17.1. The van der Waals surface area contributed by atoms with Crippen LogP contribution in [0.2, 0.25) is 0 Å². The number of methoxy groups -OCH3 is 1.